The van der Waals surface area contributed by atoms with Crippen molar-refractivity contribution in [2.45, 2.75) is 18.9 Å². The van der Waals surface area contributed by atoms with E-state index in [4.69, 9.17) is 8.94 Å². The first-order chi connectivity index (χ1) is 13.7. The summed E-state index contributed by atoms with van der Waals surface area (Å²) in [5.74, 6) is 0.149. The van der Waals surface area contributed by atoms with E-state index in [1.54, 1.807) is 23.1 Å². The van der Waals surface area contributed by atoms with Crippen LogP contribution in [0.4, 0.5) is 5.69 Å². The van der Waals surface area contributed by atoms with Crippen LogP contribution >= 0.6 is 0 Å². The summed E-state index contributed by atoms with van der Waals surface area (Å²) >= 11 is 0. The second kappa shape index (κ2) is 6.49. The number of rotatable bonds is 4. The minimum absolute atomic E-state index is 0.0213. The summed E-state index contributed by atoms with van der Waals surface area (Å²) in [6.45, 7) is 0.626. The van der Waals surface area contributed by atoms with E-state index in [1.165, 1.54) is 4.57 Å². The standard InChI is InChI=1S/C20H16N4O4/c25-18-10-13(11-23(18)14-6-2-1-3-7-14)19-21-17(22-28-19)12-24-15-8-4-5-9-16(15)27-20(24)26/h1-9,13H,10-12H2/t13-/m0/s1. The van der Waals surface area contributed by atoms with Gasteiger partial charge in [-0.15, -0.1) is 0 Å². The molecule has 2 aromatic heterocycles. The second-order valence-corrected chi connectivity index (χ2v) is 6.71. The molecule has 1 aliphatic heterocycles. The lowest BCUT2D eigenvalue weighted by Gasteiger charge is -2.15. The molecule has 28 heavy (non-hydrogen) atoms. The molecule has 1 amide bonds. The van der Waals surface area contributed by atoms with Crippen LogP contribution in [0, 0.1) is 0 Å². The molecule has 8 nitrogen and oxygen atoms in total. The first kappa shape index (κ1) is 16.5. The summed E-state index contributed by atoms with van der Waals surface area (Å²) < 4.78 is 12.1. The van der Waals surface area contributed by atoms with Crippen molar-refractivity contribution >= 4 is 22.7 Å². The van der Waals surface area contributed by atoms with E-state index in [9.17, 15) is 9.59 Å². The molecule has 5 rings (SSSR count). The largest absolute Gasteiger partial charge is 0.420 e. The van der Waals surface area contributed by atoms with Gasteiger partial charge in [-0.1, -0.05) is 35.5 Å². The summed E-state index contributed by atoms with van der Waals surface area (Å²) in [7, 11) is 0. The maximum atomic E-state index is 12.4. The van der Waals surface area contributed by atoms with E-state index in [1.807, 2.05) is 36.4 Å². The molecule has 0 N–H and O–H groups in total. The number of carbonyl (C=O) groups is 1. The van der Waals surface area contributed by atoms with Gasteiger partial charge in [-0.05, 0) is 24.3 Å². The van der Waals surface area contributed by atoms with Gasteiger partial charge in [0.2, 0.25) is 11.8 Å². The third kappa shape index (κ3) is 2.79. The SMILES string of the molecule is O=C1C[C@H](c2nc(Cn3c(=O)oc4ccccc43)no2)CN1c1ccccc1. The molecule has 1 aliphatic rings. The summed E-state index contributed by atoms with van der Waals surface area (Å²) in [6.07, 6.45) is 0.311. The highest BCUT2D eigenvalue weighted by Crippen LogP contribution is 2.30. The molecule has 0 radical (unpaired) electrons. The van der Waals surface area contributed by atoms with Gasteiger partial charge in [0.25, 0.3) is 0 Å². The molecule has 8 heteroatoms. The molecule has 140 valence electrons. The predicted octanol–water partition coefficient (Wildman–Crippen LogP) is 2.55. The maximum absolute atomic E-state index is 12.4. The first-order valence-electron chi connectivity index (χ1n) is 8.95. The van der Waals surface area contributed by atoms with E-state index in [0.717, 1.165) is 5.69 Å². The lowest BCUT2D eigenvalue weighted by molar-refractivity contribution is -0.117. The molecule has 1 saturated heterocycles. The fourth-order valence-electron chi connectivity index (χ4n) is 3.53. The van der Waals surface area contributed by atoms with Gasteiger partial charge in [-0.2, -0.15) is 4.98 Å². The summed E-state index contributed by atoms with van der Waals surface area (Å²) in [5.41, 5.74) is 2.03. The van der Waals surface area contributed by atoms with Gasteiger partial charge < -0.3 is 13.8 Å². The first-order valence-corrected chi connectivity index (χ1v) is 8.95. The maximum Gasteiger partial charge on any atom is 0.420 e. The average molecular weight is 376 g/mol. The number of amides is 1. The molecular formula is C20H16N4O4. The number of fused-ring (bicyclic) bond motifs is 1. The van der Waals surface area contributed by atoms with Gasteiger partial charge in [0, 0.05) is 18.7 Å². The number of carbonyl (C=O) groups excluding carboxylic acids is 1. The van der Waals surface area contributed by atoms with Crippen LogP contribution < -0.4 is 10.7 Å². The Kier molecular flexibility index (Phi) is 3.82. The Hall–Kier alpha value is -3.68. The summed E-state index contributed by atoms with van der Waals surface area (Å²) in [6, 6.07) is 16.7. The van der Waals surface area contributed by atoms with E-state index >= 15 is 0 Å². The molecule has 0 spiro atoms. The molecule has 1 atom stereocenters. The van der Waals surface area contributed by atoms with Gasteiger partial charge >= 0.3 is 5.76 Å². The Morgan fingerprint density at radius 1 is 1.04 bits per heavy atom. The van der Waals surface area contributed by atoms with Crippen molar-refractivity contribution in [3.8, 4) is 0 Å². The van der Waals surface area contributed by atoms with Crippen molar-refractivity contribution in [3.05, 3.63) is 76.9 Å². The third-order valence-electron chi connectivity index (χ3n) is 4.90. The molecule has 2 aromatic carbocycles. The van der Waals surface area contributed by atoms with Crippen LogP contribution in [-0.2, 0) is 11.3 Å². The van der Waals surface area contributed by atoms with Crippen molar-refractivity contribution < 1.29 is 13.7 Å². The molecule has 0 saturated carbocycles. The molecule has 1 fully saturated rings. The number of oxazole rings is 1. The Balaban J connectivity index is 1.37. The van der Waals surface area contributed by atoms with Gasteiger partial charge in [-0.25, -0.2) is 4.79 Å². The Morgan fingerprint density at radius 2 is 1.82 bits per heavy atom. The van der Waals surface area contributed by atoms with Crippen LogP contribution in [0.1, 0.15) is 24.1 Å². The van der Waals surface area contributed by atoms with Crippen LogP contribution in [0.2, 0.25) is 0 Å². The monoisotopic (exact) mass is 376 g/mol. The highest BCUT2D eigenvalue weighted by molar-refractivity contribution is 5.96. The van der Waals surface area contributed by atoms with E-state index in [-0.39, 0.29) is 18.4 Å². The number of para-hydroxylation sites is 3. The van der Waals surface area contributed by atoms with Crippen molar-refractivity contribution in [2.24, 2.45) is 0 Å². The second-order valence-electron chi connectivity index (χ2n) is 6.71. The molecule has 3 heterocycles. The van der Waals surface area contributed by atoms with Crippen LogP contribution in [0.15, 0.2) is 68.3 Å². The number of benzene rings is 2. The number of hydrogen-bond acceptors (Lipinski definition) is 6. The Bertz CT molecular complexity index is 1210. The zero-order valence-electron chi connectivity index (χ0n) is 14.8. The normalized spacial score (nSPS) is 16.9. The zero-order valence-corrected chi connectivity index (χ0v) is 14.8. The lowest BCUT2D eigenvalue weighted by atomic mass is 10.1. The molecular weight excluding hydrogens is 360 g/mol. The highest BCUT2D eigenvalue weighted by atomic mass is 16.5. The number of hydrogen-bond donors (Lipinski definition) is 0. The van der Waals surface area contributed by atoms with Gasteiger partial charge in [0.05, 0.1) is 18.0 Å². The fraction of sp³-hybridized carbons (Fsp3) is 0.200. The van der Waals surface area contributed by atoms with E-state index in [2.05, 4.69) is 10.1 Å². The van der Waals surface area contributed by atoms with Crippen molar-refractivity contribution in [2.75, 3.05) is 11.4 Å². The van der Waals surface area contributed by atoms with Crippen LogP contribution in [0.3, 0.4) is 0 Å². The van der Waals surface area contributed by atoms with E-state index in [0.29, 0.717) is 35.8 Å². The molecule has 4 aromatic rings. The fourth-order valence-corrected chi connectivity index (χ4v) is 3.53. The minimum Gasteiger partial charge on any atom is -0.408 e. The molecule has 0 aliphatic carbocycles. The Labute approximate surface area is 159 Å². The van der Waals surface area contributed by atoms with Crippen molar-refractivity contribution in [1.82, 2.24) is 14.7 Å². The minimum atomic E-state index is -0.473. The lowest BCUT2D eigenvalue weighted by Crippen LogP contribution is -2.24. The molecule has 0 bridgehead atoms. The smallest absolute Gasteiger partial charge is 0.408 e. The van der Waals surface area contributed by atoms with Crippen molar-refractivity contribution in [1.29, 1.82) is 0 Å². The highest BCUT2D eigenvalue weighted by Gasteiger charge is 2.35. The quantitative estimate of drug-likeness (QED) is 0.543. The molecule has 0 unspecified atom stereocenters. The summed E-state index contributed by atoms with van der Waals surface area (Å²) in [5, 5.41) is 3.99. The number of aromatic nitrogens is 3. The topological polar surface area (TPSA) is 94.4 Å². The zero-order chi connectivity index (χ0) is 19.1. The van der Waals surface area contributed by atoms with Gasteiger partial charge in [0.15, 0.2) is 11.4 Å². The van der Waals surface area contributed by atoms with Gasteiger partial charge in [0.1, 0.15) is 0 Å². The summed E-state index contributed by atoms with van der Waals surface area (Å²) in [4.78, 5) is 30.6. The Morgan fingerprint density at radius 3 is 2.68 bits per heavy atom. The third-order valence-corrected chi connectivity index (χ3v) is 4.90. The number of nitrogens with zero attached hydrogens (tertiary/aromatic N) is 4. The van der Waals surface area contributed by atoms with Crippen LogP contribution in [0.5, 0.6) is 0 Å². The average Bonchev–Trinajstić information content (AvgIpc) is 3.41. The number of anilines is 1. The van der Waals surface area contributed by atoms with Crippen LogP contribution in [0.25, 0.3) is 11.1 Å². The van der Waals surface area contributed by atoms with E-state index < -0.39 is 5.76 Å². The van der Waals surface area contributed by atoms with Gasteiger partial charge in [-0.3, -0.25) is 9.36 Å². The van der Waals surface area contributed by atoms with Crippen molar-refractivity contribution in [3.63, 3.8) is 0 Å². The van der Waals surface area contributed by atoms with Crippen LogP contribution in [-0.4, -0.2) is 27.2 Å². The predicted molar refractivity (Wildman–Crippen MR) is 100 cm³/mol.